The Kier molecular flexibility index (Phi) is 5.07. The Labute approximate surface area is 167 Å². The third kappa shape index (κ3) is 4.16. The second-order valence-electron chi connectivity index (χ2n) is 6.57. The monoisotopic (exact) mass is 385 g/mol. The van der Waals surface area contributed by atoms with Gasteiger partial charge in [0.15, 0.2) is 0 Å². The van der Waals surface area contributed by atoms with Crippen molar-refractivity contribution in [2.45, 2.75) is 20.4 Å². The van der Waals surface area contributed by atoms with Gasteiger partial charge in [-0.1, -0.05) is 0 Å². The Bertz CT molecular complexity index is 1120. The Morgan fingerprint density at radius 2 is 1.76 bits per heavy atom. The predicted molar refractivity (Wildman–Crippen MR) is 109 cm³/mol. The Morgan fingerprint density at radius 1 is 0.931 bits per heavy atom. The minimum Gasteiger partial charge on any atom is -0.325 e. The molecule has 144 valence electrons. The summed E-state index contributed by atoms with van der Waals surface area (Å²) >= 11 is 0. The van der Waals surface area contributed by atoms with Gasteiger partial charge in [-0.15, -0.1) is 0 Å². The first-order chi connectivity index (χ1) is 14.1. The molecule has 8 nitrogen and oxygen atoms in total. The number of carbonyl (C=O) groups excluding carboxylic acids is 1. The summed E-state index contributed by atoms with van der Waals surface area (Å²) in [5.74, 6) is 0.294. The van der Waals surface area contributed by atoms with Gasteiger partial charge in [-0.2, -0.15) is 0 Å². The lowest BCUT2D eigenvalue weighted by molar-refractivity contribution is -0.116. The minimum absolute atomic E-state index is 0.145. The van der Waals surface area contributed by atoms with Crippen LogP contribution < -0.4 is 5.32 Å². The van der Waals surface area contributed by atoms with Gasteiger partial charge in [-0.25, -0.2) is 9.97 Å². The summed E-state index contributed by atoms with van der Waals surface area (Å²) in [5, 5.41) is 2.81. The second kappa shape index (κ2) is 7.97. The maximum Gasteiger partial charge on any atom is 0.245 e. The molecule has 0 fully saturated rings. The average Bonchev–Trinajstić information content (AvgIpc) is 3.10. The lowest BCUT2D eigenvalue weighted by Gasteiger charge is -2.08. The normalized spacial score (nSPS) is 10.7. The van der Waals surface area contributed by atoms with E-state index in [9.17, 15) is 4.79 Å². The zero-order valence-corrected chi connectivity index (χ0v) is 16.1. The number of pyridine rings is 2. The van der Waals surface area contributed by atoms with E-state index in [1.54, 1.807) is 47.9 Å². The molecule has 0 unspecified atom stereocenters. The summed E-state index contributed by atoms with van der Waals surface area (Å²) in [6.07, 6.45) is 10.0. The van der Waals surface area contributed by atoms with Gasteiger partial charge in [0, 0.05) is 47.3 Å². The summed E-state index contributed by atoms with van der Waals surface area (Å²) in [5.41, 5.74) is 5.15. The van der Waals surface area contributed by atoms with Crippen molar-refractivity contribution in [3.05, 3.63) is 73.0 Å². The standard InChI is InChI=1S/C21H19N7O/c1-14-3-4-17(10-24-14)21-15(2)28(13-26-21)12-20(29)27-19-6-5-16(9-25-19)18-11-22-7-8-23-18/h3-11,13H,12H2,1-2H3,(H,25,27,29). The molecule has 4 aromatic rings. The zero-order chi connectivity index (χ0) is 20.2. The van der Waals surface area contributed by atoms with E-state index in [0.717, 1.165) is 33.9 Å². The van der Waals surface area contributed by atoms with Crippen LogP contribution in [0.15, 0.2) is 61.6 Å². The number of aryl methyl sites for hydroxylation is 1. The molecule has 8 heteroatoms. The van der Waals surface area contributed by atoms with Crippen LogP contribution in [0.1, 0.15) is 11.4 Å². The van der Waals surface area contributed by atoms with E-state index < -0.39 is 0 Å². The topological polar surface area (TPSA) is 98.5 Å². The van der Waals surface area contributed by atoms with E-state index in [1.165, 1.54) is 0 Å². The van der Waals surface area contributed by atoms with Gasteiger partial charge in [0.2, 0.25) is 5.91 Å². The Balaban J connectivity index is 1.43. The average molecular weight is 385 g/mol. The highest BCUT2D eigenvalue weighted by Crippen LogP contribution is 2.21. The number of anilines is 1. The van der Waals surface area contributed by atoms with Crippen molar-refractivity contribution in [1.29, 1.82) is 0 Å². The second-order valence-corrected chi connectivity index (χ2v) is 6.57. The van der Waals surface area contributed by atoms with E-state index in [4.69, 9.17) is 0 Å². The fraction of sp³-hybridized carbons (Fsp3) is 0.143. The molecule has 0 aliphatic heterocycles. The molecule has 0 aliphatic carbocycles. The summed E-state index contributed by atoms with van der Waals surface area (Å²) in [4.78, 5) is 33.7. The highest BCUT2D eigenvalue weighted by atomic mass is 16.2. The van der Waals surface area contributed by atoms with Crippen LogP contribution in [0.3, 0.4) is 0 Å². The SMILES string of the molecule is Cc1ccc(-c2ncn(CC(=O)Nc3ccc(-c4cnccn4)cn3)c2C)cn1. The molecule has 0 radical (unpaired) electrons. The first kappa shape index (κ1) is 18.4. The Hall–Kier alpha value is -3.94. The number of nitrogens with zero attached hydrogens (tertiary/aromatic N) is 6. The highest BCUT2D eigenvalue weighted by Gasteiger charge is 2.12. The molecule has 0 atom stereocenters. The molecule has 0 saturated carbocycles. The van der Waals surface area contributed by atoms with Crippen molar-refractivity contribution in [2.75, 3.05) is 5.32 Å². The molecular weight excluding hydrogens is 366 g/mol. The van der Waals surface area contributed by atoms with Gasteiger partial charge in [-0.3, -0.25) is 19.7 Å². The minimum atomic E-state index is -0.182. The molecular formula is C21H19N7O. The number of rotatable bonds is 5. The summed E-state index contributed by atoms with van der Waals surface area (Å²) in [7, 11) is 0. The molecule has 29 heavy (non-hydrogen) atoms. The van der Waals surface area contributed by atoms with Crippen molar-refractivity contribution in [2.24, 2.45) is 0 Å². The lowest BCUT2D eigenvalue weighted by atomic mass is 10.1. The van der Waals surface area contributed by atoms with Gasteiger partial charge in [-0.05, 0) is 38.1 Å². The van der Waals surface area contributed by atoms with E-state index >= 15 is 0 Å². The van der Waals surface area contributed by atoms with E-state index in [0.29, 0.717) is 5.82 Å². The summed E-state index contributed by atoms with van der Waals surface area (Å²) in [6, 6.07) is 7.51. The molecule has 4 rings (SSSR count). The predicted octanol–water partition coefficient (Wildman–Crippen LogP) is 3.05. The number of hydrogen-bond donors (Lipinski definition) is 1. The van der Waals surface area contributed by atoms with E-state index in [1.807, 2.05) is 32.0 Å². The van der Waals surface area contributed by atoms with Crippen LogP contribution in [-0.2, 0) is 11.3 Å². The molecule has 4 aromatic heterocycles. The number of imidazole rings is 1. The summed E-state index contributed by atoms with van der Waals surface area (Å²) < 4.78 is 1.80. The third-order valence-corrected chi connectivity index (χ3v) is 4.49. The zero-order valence-electron chi connectivity index (χ0n) is 16.1. The van der Waals surface area contributed by atoms with Gasteiger partial charge < -0.3 is 9.88 Å². The molecule has 1 amide bonds. The van der Waals surface area contributed by atoms with E-state index in [-0.39, 0.29) is 12.5 Å². The van der Waals surface area contributed by atoms with Gasteiger partial charge in [0.25, 0.3) is 0 Å². The highest BCUT2D eigenvalue weighted by molar-refractivity contribution is 5.89. The first-order valence-corrected chi connectivity index (χ1v) is 9.07. The van der Waals surface area contributed by atoms with Crippen molar-refractivity contribution in [3.8, 4) is 22.5 Å². The smallest absolute Gasteiger partial charge is 0.245 e. The maximum absolute atomic E-state index is 12.4. The third-order valence-electron chi connectivity index (χ3n) is 4.49. The van der Waals surface area contributed by atoms with Crippen molar-refractivity contribution >= 4 is 11.7 Å². The molecule has 1 N–H and O–H groups in total. The fourth-order valence-corrected chi connectivity index (χ4v) is 2.90. The maximum atomic E-state index is 12.4. The van der Waals surface area contributed by atoms with Gasteiger partial charge in [0.05, 0.1) is 23.9 Å². The number of amides is 1. The van der Waals surface area contributed by atoms with Crippen LogP contribution in [0.25, 0.3) is 22.5 Å². The van der Waals surface area contributed by atoms with Crippen LogP contribution in [-0.4, -0.2) is 35.4 Å². The molecule has 0 spiro atoms. The van der Waals surface area contributed by atoms with Crippen molar-refractivity contribution in [3.63, 3.8) is 0 Å². The van der Waals surface area contributed by atoms with Crippen LogP contribution in [0, 0.1) is 13.8 Å². The van der Waals surface area contributed by atoms with Crippen LogP contribution >= 0.6 is 0 Å². The van der Waals surface area contributed by atoms with E-state index in [2.05, 4.69) is 30.2 Å². The van der Waals surface area contributed by atoms with Gasteiger partial charge in [0.1, 0.15) is 12.4 Å². The molecule has 0 saturated heterocycles. The number of carbonyl (C=O) groups is 1. The van der Waals surface area contributed by atoms with Crippen LogP contribution in [0.4, 0.5) is 5.82 Å². The number of nitrogens with one attached hydrogen (secondary N) is 1. The largest absolute Gasteiger partial charge is 0.325 e. The molecule has 0 aliphatic rings. The van der Waals surface area contributed by atoms with Crippen LogP contribution in [0.2, 0.25) is 0 Å². The lowest BCUT2D eigenvalue weighted by Crippen LogP contribution is -2.19. The van der Waals surface area contributed by atoms with Crippen molar-refractivity contribution in [1.82, 2.24) is 29.5 Å². The van der Waals surface area contributed by atoms with Gasteiger partial charge >= 0.3 is 0 Å². The first-order valence-electron chi connectivity index (χ1n) is 9.07. The molecule has 0 aromatic carbocycles. The molecule has 0 bridgehead atoms. The summed E-state index contributed by atoms with van der Waals surface area (Å²) in [6.45, 7) is 4.02. The quantitative estimate of drug-likeness (QED) is 0.567. The number of hydrogen-bond acceptors (Lipinski definition) is 6. The number of aromatic nitrogens is 6. The Morgan fingerprint density at radius 3 is 2.45 bits per heavy atom. The molecule has 4 heterocycles. The van der Waals surface area contributed by atoms with Crippen LogP contribution in [0.5, 0.6) is 0 Å². The van der Waals surface area contributed by atoms with Crippen molar-refractivity contribution < 1.29 is 4.79 Å². The fourth-order valence-electron chi connectivity index (χ4n) is 2.90.